The van der Waals surface area contributed by atoms with Crippen LogP contribution in [-0.2, 0) is 0 Å². The van der Waals surface area contributed by atoms with Gasteiger partial charge in [-0.3, -0.25) is 0 Å². The van der Waals surface area contributed by atoms with Crippen LogP contribution in [0.3, 0.4) is 0 Å². The molecule has 0 aromatic carbocycles. The molecule has 0 spiro atoms. The Labute approximate surface area is 81.0 Å². The summed E-state index contributed by atoms with van der Waals surface area (Å²) in [5.41, 5.74) is 0. The number of halogens is 2. The summed E-state index contributed by atoms with van der Waals surface area (Å²) in [6.07, 6.45) is 6.80. The van der Waals surface area contributed by atoms with Gasteiger partial charge in [0.15, 0.2) is 0 Å². The first-order chi connectivity index (χ1) is 4.81. The number of hydrogen-bond acceptors (Lipinski definition) is 0. The van der Waals surface area contributed by atoms with Crippen LogP contribution in [0.1, 0.15) is 39.0 Å². The monoisotopic (exact) mass is 270 g/mol. The Kier molecular flexibility index (Phi) is 8.83. The molecule has 0 aromatic rings. The second-order valence-corrected chi connectivity index (χ2v) is 4.54. The average molecular weight is 272 g/mol. The van der Waals surface area contributed by atoms with E-state index in [0.29, 0.717) is 4.83 Å². The van der Waals surface area contributed by atoms with Gasteiger partial charge in [-0.25, -0.2) is 0 Å². The van der Waals surface area contributed by atoms with Crippen LogP contribution in [0.5, 0.6) is 0 Å². The highest BCUT2D eigenvalue weighted by atomic mass is 79.9. The minimum atomic E-state index is 0.685. The minimum Gasteiger partial charge on any atom is -0.0916 e. The zero-order chi connectivity index (χ0) is 7.82. The molecule has 0 fully saturated rings. The predicted molar refractivity (Wildman–Crippen MR) is 55.3 cm³/mol. The Hall–Kier alpha value is 0.960. The van der Waals surface area contributed by atoms with Gasteiger partial charge in [-0.1, -0.05) is 64.5 Å². The van der Waals surface area contributed by atoms with Gasteiger partial charge in [-0.05, 0) is 6.42 Å². The first kappa shape index (κ1) is 11.0. The first-order valence-corrected chi connectivity index (χ1v) is 6.05. The van der Waals surface area contributed by atoms with Crippen LogP contribution in [0, 0.1) is 0 Å². The van der Waals surface area contributed by atoms with E-state index in [1.807, 2.05) is 0 Å². The van der Waals surface area contributed by atoms with E-state index in [9.17, 15) is 0 Å². The Bertz CT molecular complexity index is 64.3. The van der Waals surface area contributed by atoms with Gasteiger partial charge in [-0.15, -0.1) is 0 Å². The molecule has 0 aromatic heterocycles. The molecular weight excluding hydrogens is 256 g/mol. The van der Waals surface area contributed by atoms with E-state index in [2.05, 4.69) is 38.8 Å². The predicted octanol–water partition coefficient (Wildman–Crippen LogP) is 4.12. The van der Waals surface area contributed by atoms with Crippen LogP contribution in [0.4, 0.5) is 0 Å². The quantitative estimate of drug-likeness (QED) is 0.504. The molecule has 62 valence electrons. The summed E-state index contributed by atoms with van der Waals surface area (Å²) >= 11 is 7.02. The van der Waals surface area contributed by atoms with Crippen molar-refractivity contribution in [3.8, 4) is 0 Å². The summed E-state index contributed by atoms with van der Waals surface area (Å²) in [7, 11) is 0. The molecule has 0 rings (SSSR count). The SMILES string of the molecule is CCCCCCC(Br)CBr. The minimum absolute atomic E-state index is 0.685. The molecule has 0 nitrogen and oxygen atoms in total. The Balaban J connectivity index is 2.89. The van der Waals surface area contributed by atoms with Crippen molar-refractivity contribution in [3.63, 3.8) is 0 Å². The summed E-state index contributed by atoms with van der Waals surface area (Å²) in [6.45, 7) is 2.25. The van der Waals surface area contributed by atoms with Gasteiger partial charge >= 0.3 is 0 Å². The first-order valence-electron chi connectivity index (χ1n) is 4.01. The maximum absolute atomic E-state index is 3.58. The van der Waals surface area contributed by atoms with Crippen molar-refractivity contribution in [2.75, 3.05) is 5.33 Å². The molecule has 0 aliphatic heterocycles. The molecule has 0 radical (unpaired) electrons. The van der Waals surface area contributed by atoms with Gasteiger partial charge in [0.05, 0.1) is 0 Å². The number of unbranched alkanes of at least 4 members (excludes halogenated alkanes) is 3. The highest BCUT2D eigenvalue weighted by Crippen LogP contribution is 2.13. The number of alkyl halides is 2. The van der Waals surface area contributed by atoms with Crippen molar-refractivity contribution in [2.45, 2.75) is 43.9 Å². The molecule has 10 heavy (non-hydrogen) atoms. The van der Waals surface area contributed by atoms with E-state index < -0.39 is 0 Å². The molecule has 1 unspecified atom stereocenters. The van der Waals surface area contributed by atoms with Gasteiger partial charge in [0, 0.05) is 10.2 Å². The van der Waals surface area contributed by atoms with Crippen molar-refractivity contribution in [1.82, 2.24) is 0 Å². The molecule has 0 heterocycles. The van der Waals surface area contributed by atoms with Gasteiger partial charge < -0.3 is 0 Å². The number of hydrogen-bond donors (Lipinski definition) is 0. The third kappa shape index (κ3) is 7.07. The number of rotatable bonds is 6. The third-order valence-electron chi connectivity index (χ3n) is 1.54. The van der Waals surface area contributed by atoms with Crippen LogP contribution in [0.15, 0.2) is 0 Å². The second kappa shape index (κ2) is 8.06. The molecule has 2 heteroatoms. The fourth-order valence-electron chi connectivity index (χ4n) is 0.870. The van der Waals surface area contributed by atoms with E-state index in [1.165, 1.54) is 32.1 Å². The fourth-order valence-corrected chi connectivity index (χ4v) is 1.52. The lowest BCUT2D eigenvalue weighted by Crippen LogP contribution is -1.97. The molecular formula is C8H16Br2. The fraction of sp³-hybridized carbons (Fsp3) is 1.00. The van der Waals surface area contributed by atoms with Crippen LogP contribution in [0.2, 0.25) is 0 Å². The molecule has 1 atom stereocenters. The van der Waals surface area contributed by atoms with Gasteiger partial charge in [0.1, 0.15) is 0 Å². The highest BCUT2D eigenvalue weighted by Gasteiger charge is 1.99. The van der Waals surface area contributed by atoms with E-state index in [-0.39, 0.29) is 0 Å². The van der Waals surface area contributed by atoms with Gasteiger partial charge in [-0.2, -0.15) is 0 Å². The van der Waals surface area contributed by atoms with Crippen molar-refractivity contribution in [3.05, 3.63) is 0 Å². The second-order valence-electron chi connectivity index (χ2n) is 2.60. The summed E-state index contributed by atoms with van der Waals surface area (Å²) in [4.78, 5) is 0.685. The smallest absolute Gasteiger partial charge is 0.0242 e. The van der Waals surface area contributed by atoms with Gasteiger partial charge in [0.2, 0.25) is 0 Å². The van der Waals surface area contributed by atoms with Crippen LogP contribution >= 0.6 is 31.9 Å². The zero-order valence-electron chi connectivity index (χ0n) is 6.58. The van der Waals surface area contributed by atoms with Crippen molar-refractivity contribution in [1.29, 1.82) is 0 Å². The van der Waals surface area contributed by atoms with Crippen LogP contribution in [0.25, 0.3) is 0 Å². The standard InChI is InChI=1S/C8H16Br2/c1-2-3-4-5-6-8(10)7-9/h8H,2-7H2,1H3. The summed E-state index contributed by atoms with van der Waals surface area (Å²) in [5, 5.41) is 1.08. The summed E-state index contributed by atoms with van der Waals surface area (Å²) in [6, 6.07) is 0. The molecule has 0 N–H and O–H groups in total. The van der Waals surface area contributed by atoms with E-state index in [1.54, 1.807) is 0 Å². The van der Waals surface area contributed by atoms with E-state index >= 15 is 0 Å². The van der Waals surface area contributed by atoms with Gasteiger partial charge in [0.25, 0.3) is 0 Å². The molecule has 0 saturated carbocycles. The lowest BCUT2D eigenvalue weighted by atomic mass is 10.1. The maximum Gasteiger partial charge on any atom is 0.0242 e. The topological polar surface area (TPSA) is 0 Å². The lowest BCUT2D eigenvalue weighted by molar-refractivity contribution is 0.636. The molecule has 0 saturated heterocycles. The van der Waals surface area contributed by atoms with Crippen molar-refractivity contribution < 1.29 is 0 Å². The maximum atomic E-state index is 3.58. The van der Waals surface area contributed by atoms with Crippen LogP contribution in [-0.4, -0.2) is 10.2 Å². The third-order valence-corrected chi connectivity index (χ3v) is 3.97. The molecule has 0 aliphatic rings. The Morgan fingerprint density at radius 2 is 1.90 bits per heavy atom. The Morgan fingerprint density at radius 1 is 1.20 bits per heavy atom. The average Bonchev–Trinajstić information content (AvgIpc) is 1.98. The highest BCUT2D eigenvalue weighted by molar-refractivity contribution is 9.12. The van der Waals surface area contributed by atoms with E-state index in [4.69, 9.17) is 0 Å². The molecule has 0 amide bonds. The molecule has 0 bridgehead atoms. The summed E-state index contributed by atoms with van der Waals surface area (Å²) < 4.78 is 0. The largest absolute Gasteiger partial charge is 0.0916 e. The Morgan fingerprint density at radius 3 is 2.40 bits per heavy atom. The normalized spacial score (nSPS) is 13.5. The van der Waals surface area contributed by atoms with Crippen LogP contribution < -0.4 is 0 Å². The zero-order valence-corrected chi connectivity index (χ0v) is 9.75. The van der Waals surface area contributed by atoms with Crippen molar-refractivity contribution >= 4 is 31.9 Å². The van der Waals surface area contributed by atoms with Crippen molar-refractivity contribution in [2.24, 2.45) is 0 Å². The lowest BCUT2D eigenvalue weighted by Gasteiger charge is -2.03. The summed E-state index contributed by atoms with van der Waals surface area (Å²) in [5.74, 6) is 0. The van der Waals surface area contributed by atoms with E-state index in [0.717, 1.165) is 5.33 Å². The molecule has 0 aliphatic carbocycles.